The van der Waals surface area contributed by atoms with Crippen LogP contribution >= 0.6 is 11.6 Å². The molecule has 152 valence electrons. The lowest BCUT2D eigenvalue weighted by molar-refractivity contribution is -0.138. The predicted octanol–water partition coefficient (Wildman–Crippen LogP) is 5.46. The fraction of sp³-hybridized carbons (Fsp3) is 0.250. The van der Waals surface area contributed by atoms with Crippen LogP contribution in [-0.2, 0) is 12.7 Å². The summed E-state index contributed by atoms with van der Waals surface area (Å²) in [6, 6.07) is 11.1. The van der Waals surface area contributed by atoms with E-state index in [0.717, 1.165) is 12.1 Å². The van der Waals surface area contributed by atoms with Crippen LogP contribution < -0.4 is 0 Å². The molecule has 0 bridgehead atoms. The minimum Gasteiger partial charge on any atom is -0.419 e. The summed E-state index contributed by atoms with van der Waals surface area (Å²) >= 11 is 6.12. The lowest BCUT2D eigenvalue weighted by Gasteiger charge is -2.26. The second kappa shape index (κ2) is 8.24. The molecule has 1 heterocycles. The van der Waals surface area contributed by atoms with Gasteiger partial charge in [-0.25, -0.2) is 0 Å². The van der Waals surface area contributed by atoms with Gasteiger partial charge in [-0.05, 0) is 38.1 Å². The number of carbonyl (C=O) groups is 1. The molecule has 0 N–H and O–H groups in total. The fourth-order valence-electron chi connectivity index (χ4n) is 2.77. The Labute approximate surface area is 170 Å². The van der Waals surface area contributed by atoms with Crippen LogP contribution in [0.1, 0.15) is 35.7 Å². The summed E-state index contributed by atoms with van der Waals surface area (Å²) in [5.41, 5.74) is -0.893. The highest BCUT2D eigenvalue weighted by Crippen LogP contribution is 2.33. The van der Waals surface area contributed by atoms with Crippen LogP contribution in [0.15, 0.2) is 52.9 Å². The van der Waals surface area contributed by atoms with Crippen LogP contribution in [0, 0.1) is 0 Å². The maximum absolute atomic E-state index is 13.3. The zero-order valence-electron chi connectivity index (χ0n) is 15.6. The van der Waals surface area contributed by atoms with Crippen molar-refractivity contribution >= 4 is 17.5 Å². The number of amides is 1. The van der Waals surface area contributed by atoms with Gasteiger partial charge in [0.15, 0.2) is 0 Å². The van der Waals surface area contributed by atoms with Gasteiger partial charge in [0, 0.05) is 6.04 Å². The third-order valence-corrected chi connectivity index (χ3v) is 4.55. The highest BCUT2D eigenvalue weighted by atomic mass is 35.5. The topological polar surface area (TPSA) is 59.2 Å². The average Bonchev–Trinajstić information content (AvgIpc) is 3.13. The van der Waals surface area contributed by atoms with Crippen molar-refractivity contribution in [3.05, 3.63) is 70.6 Å². The predicted molar refractivity (Wildman–Crippen MR) is 101 cm³/mol. The number of hydrogen-bond acceptors (Lipinski definition) is 4. The molecule has 0 unspecified atom stereocenters. The molecule has 5 nitrogen and oxygen atoms in total. The van der Waals surface area contributed by atoms with Gasteiger partial charge in [0.2, 0.25) is 11.8 Å². The van der Waals surface area contributed by atoms with Gasteiger partial charge in [-0.2, -0.15) is 13.2 Å². The summed E-state index contributed by atoms with van der Waals surface area (Å²) in [5.74, 6) is -0.519. The van der Waals surface area contributed by atoms with E-state index in [9.17, 15) is 18.0 Å². The molecule has 1 amide bonds. The third kappa shape index (κ3) is 4.59. The molecule has 3 aromatic rings. The van der Waals surface area contributed by atoms with Crippen molar-refractivity contribution in [3.8, 4) is 11.5 Å². The Morgan fingerprint density at radius 1 is 1.10 bits per heavy atom. The van der Waals surface area contributed by atoms with Crippen molar-refractivity contribution in [2.75, 3.05) is 0 Å². The molecule has 3 rings (SSSR count). The maximum Gasteiger partial charge on any atom is 0.417 e. The number of aromatic nitrogens is 2. The number of hydrogen-bond donors (Lipinski definition) is 0. The van der Waals surface area contributed by atoms with Crippen LogP contribution in [0.4, 0.5) is 13.2 Å². The monoisotopic (exact) mass is 423 g/mol. The van der Waals surface area contributed by atoms with Crippen LogP contribution in [0.2, 0.25) is 5.02 Å². The standard InChI is InChI=1S/C20H17ClF3N3O2/c1-12(2)27(19(28)13-7-3-5-9-15(13)20(22,23)24)11-17-25-26-18(29-17)14-8-4-6-10-16(14)21/h3-10,12H,11H2,1-2H3. The summed E-state index contributed by atoms with van der Waals surface area (Å²) < 4.78 is 45.5. The average molecular weight is 424 g/mol. The largest absolute Gasteiger partial charge is 0.419 e. The van der Waals surface area contributed by atoms with E-state index in [1.54, 1.807) is 38.1 Å². The van der Waals surface area contributed by atoms with Gasteiger partial charge in [0.25, 0.3) is 5.91 Å². The first-order valence-corrected chi connectivity index (χ1v) is 9.10. The molecule has 0 spiro atoms. The number of nitrogens with zero attached hydrogens (tertiary/aromatic N) is 3. The quantitative estimate of drug-likeness (QED) is 0.546. The van der Waals surface area contributed by atoms with E-state index in [2.05, 4.69) is 10.2 Å². The van der Waals surface area contributed by atoms with Crippen molar-refractivity contribution in [2.24, 2.45) is 0 Å². The van der Waals surface area contributed by atoms with Crippen molar-refractivity contribution in [3.63, 3.8) is 0 Å². The van der Waals surface area contributed by atoms with E-state index < -0.39 is 29.3 Å². The van der Waals surface area contributed by atoms with Crippen LogP contribution in [-0.4, -0.2) is 27.0 Å². The Hall–Kier alpha value is -2.87. The highest BCUT2D eigenvalue weighted by molar-refractivity contribution is 6.33. The first kappa shape index (κ1) is 20.9. The Morgan fingerprint density at radius 2 is 1.76 bits per heavy atom. The van der Waals surface area contributed by atoms with Crippen molar-refractivity contribution < 1.29 is 22.4 Å². The lowest BCUT2D eigenvalue weighted by Crippen LogP contribution is -2.37. The Balaban J connectivity index is 1.89. The van der Waals surface area contributed by atoms with Gasteiger partial charge in [0.05, 0.1) is 28.3 Å². The molecule has 0 aliphatic carbocycles. The van der Waals surface area contributed by atoms with E-state index in [1.165, 1.54) is 17.0 Å². The molecule has 0 aliphatic heterocycles. The summed E-state index contributed by atoms with van der Waals surface area (Å²) in [7, 11) is 0. The molecular formula is C20H17ClF3N3O2. The SMILES string of the molecule is CC(C)N(Cc1nnc(-c2ccccc2Cl)o1)C(=O)c1ccccc1C(F)(F)F. The van der Waals surface area contributed by atoms with E-state index in [-0.39, 0.29) is 18.3 Å². The van der Waals surface area contributed by atoms with E-state index >= 15 is 0 Å². The zero-order chi connectivity index (χ0) is 21.2. The van der Waals surface area contributed by atoms with Gasteiger partial charge < -0.3 is 9.32 Å². The minimum atomic E-state index is -4.64. The van der Waals surface area contributed by atoms with E-state index in [4.69, 9.17) is 16.0 Å². The van der Waals surface area contributed by atoms with Gasteiger partial charge in [0.1, 0.15) is 0 Å². The van der Waals surface area contributed by atoms with Crippen LogP contribution in [0.5, 0.6) is 0 Å². The van der Waals surface area contributed by atoms with Crippen molar-refractivity contribution in [1.82, 2.24) is 15.1 Å². The molecule has 0 aliphatic rings. The molecule has 29 heavy (non-hydrogen) atoms. The summed E-state index contributed by atoms with van der Waals surface area (Å²) in [4.78, 5) is 14.1. The number of alkyl halides is 3. The van der Waals surface area contributed by atoms with Gasteiger partial charge in [-0.1, -0.05) is 35.9 Å². The third-order valence-electron chi connectivity index (χ3n) is 4.22. The first-order chi connectivity index (χ1) is 13.7. The Bertz CT molecular complexity index is 1020. The van der Waals surface area contributed by atoms with Crippen LogP contribution in [0.25, 0.3) is 11.5 Å². The first-order valence-electron chi connectivity index (χ1n) is 8.73. The maximum atomic E-state index is 13.3. The molecule has 0 atom stereocenters. The molecule has 0 radical (unpaired) electrons. The molecule has 2 aromatic carbocycles. The second-order valence-corrected chi connectivity index (χ2v) is 6.96. The smallest absolute Gasteiger partial charge is 0.417 e. The number of rotatable bonds is 5. The number of carbonyl (C=O) groups excluding carboxylic acids is 1. The summed E-state index contributed by atoms with van der Waals surface area (Å²) in [5, 5.41) is 8.26. The molecule has 1 aromatic heterocycles. The zero-order valence-corrected chi connectivity index (χ0v) is 16.3. The Kier molecular flexibility index (Phi) is 5.93. The number of halogens is 4. The van der Waals surface area contributed by atoms with E-state index in [0.29, 0.717) is 10.6 Å². The molecular weight excluding hydrogens is 407 g/mol. The van der Waals surface area contributed by atoms with E-state index in [1.807, 2.05) is 0 Å². The normalized spacial score (nSPS) is 11.7. The molecule has 0 fully saturated rings. The lowest BCUT2D eigenvalue weighted by atomic mass is 10.1. The Morgan fingerprint density at radius 3 is 2.41 bits per heavy atom. The van der Waals surface area contributed by atoms with Gasteiger partial charge in [-0.3, -0.25) is 4.79 Å². The number of benzene rings is 2. The molecule has 0 saturated heterocycles. The van der Waals surface area contributed by atoms with Crippen molar-refractivity contribution in [2.45, 2.75) is 32.6 Å². The van der Waals surface area contributed by atoms with Crippen LogP contribution in [0.3, 0.4) is 0 Å². The summed E-state index contributed by atoms with van der Waals surface area (Å²) in [6.07, 6.45) is -4.64. The van der Waals surface area contributed by atoms with Gasteiger partial charge >= 0.3 is 6.18 Å². The highest BCUT2D eigenvalue weighted by Gasteiger charge is 2.36. The molecule has 9 heteroatoms. The van der Waals surface area contributed by atoms with Gasteiger partial charge in [-0.15, -0.1) is 10.2 Å². The molecule has 0 saturated carbocycles. The summed E-state index contributed by atoms with van der Waals surface area (Å²) in [6.45, 7) is 3.25. The second-order valence-electron chi connectivity index (χ2n) is 6.55. The van der Waals surface area contributed by atoms with Crippen molar-refractivity contribution in [1.29, 1.82) is 0 Å². The fourth-order valence-corrected chi connectivity index (χ4v) is 2.98. The minimum absolute atomic E-state index is 0.0893.